The first-order valence-corrected chi connectivity index (χ1v) is 8.70. The molecule has 7 heteroatoms. The summed E-state index contributed by atoms with van der Waals surface area (Å²) in [6.07, 6.45) is -1.89. The molecular formula is C16H22BrF3N2O. The second-order valence-electron chi connectivity index (χ2n) is 5.67. The van der Waals surface area contributed by atoms with Crippen molar-refractivity contribution in [2.24, 2.45) is 0 Å². The third kappa shape index (κ3) is 5.65. The van der Waals surface area contributed by atoms with Crippen molar-refractivity contribution in [3.05, 3.63) is 28.2 Å². The Labute approximate surface area is 143 Å². The quantitative estimate of drug-likeness (QED) is 0.769. The average molecular weight is 395 g/mol. The number of unbranched alkanes of at least 4 members (excludes halogenated alkanes) is 1. The molecule has 1 aliphatic heterocycles. The Bertz CT molecular complexity index is 505. The Balaban J connectivity index is 2.33. The van der Waals surface area contributed by atoms with Gasteiger partial charge in [-0.25, -0.2) is 0 Å². The van der Waals surface area contributed by atoms with E-state index in [1.165, 1.54) is 6.07 Å². The number of benzene rings is 1. The van der Waals surface area contributed by atoms with Gasteiger partial charge in [-0.2, -0.15) is 0 Å². The molecule has 0 bridgehead atoms. The molecule has 0 aromatic heterocycles. The van der Waals surface area contributed by atoms with Gasteiger partial charge in [-0.1, -0.05) is 35.7 Å². The van der Waals surface area contributed by atoms with Crippen molar-refractivity contribution in [2.45, 2.75) is 38.6 Å². The molecule has 0 unspecified atom stereocenters. The van der Waals surface area contributed by atoms with E-state index in [1.54, 1.807) is 12.1 Å². The molecule has 3 nitrogen and oxygen atoms in total. The van der Waals surface area contributed by atoms with E-state index < -0.39 is 6.36 Å². The van der Waals surface area contributed by atoms with Crippen molar-refractivity contribution >= 4 is 15.9 Å². The zero-order valence-electron chi connectivity index (χ0n) is 13.1. The first kappa shape index (κ1) is 18.5. The lowest BCUT2D eigenvalue weighted by atomic mass is 9.98. The summed E-state index contributed by atoms with van der Waals surface area (Å²) >= 11 is 3.37. The monoisotopic (exact) mass is 394 g/mol. The molecule has 1 aromatic carbocycles. The van der Waals surface area contributed by atoms with Crippen LogP contribution in [0.3, 0.4) is 0 Å². The largest absolute Gasteiger partial charge is 0.573 e. The summed E-state index contributed by atoms with van der Waals surface area (Å²) in [5.41, 5.74) is 0.604. The molecule has 1 aliphatic rings. The summed E-state index contributed by atoms with van der Waals surface area (Å²) in [4.78, 5) is 2.25. The highest BCUT2D eigenvalue weighted by atomic mass is 79.9. The van der Waals surface area contributed by atoms with E-state index in [-0.39, 0.29) is 11.8 Å². The van der Waals surface area contributed by atoms with Gasteiger partial charge in [0, 0.05) is 42.3 Å². The molecule has 1 atom stereocenters. The number of nitrogens with one attached hydrogen (secondary N) is 1. The van der Waals surface area contributed by atoms with Crippen molar-refractivity contribution in [3.63, 3.8) is 0 Å². The van der Waals surface area contributed by atoms with Crippen molar-refractivity contribution in [2.75, 3.05) is 26.2 Å². The molecule has 130 valence electrons. The van der Waals surface area contributed by atoms with Crippen LogP contribution in [-0.2, 0) is 0 Å². The van der Waals surface area contributed by atoms with Crippen LogP contribution in [0.2, 0.25) is 0 Å². The van der Waals surface area contributed by atoms with E-state index in [0.717, 1.165) is 49.9 Å². The van der Waals surface area contributed by atoms with Crippen LogP contribution in [0.5, 0.6) is 5.75 Å². The number of nitrogens with zero attached hydrogens (tertiary/aromatic N) is 1. The fourth-order valence-electron chi connectivity index (χ4n) is 2.92. The van der Waals surface area contributed by atoms with Crippen LogP contribution in [0.25, 0.3) is 0 Å². The third-order valence-corrected chi connectivity index (χ3v) is 4.47. The van der Waals surface area contributed by atoms with E-state index >= 15 is 0 Å². The minimum absolute atomic E-state index is 0.0631. The maximum atomic E-state index is 12.7. The van der Waals surface area contributed by atoms with Gasteiger partial charge in [0.2, 0.25) is 0 Å². The van der Waals surface area contributed by atoms with Gasteiger partial charge < -0.3 is 10.1 Å². The van der Waals surface area contributed by atoms with Crippen LogP contribution < -0.4 is 10.1 Å². The normalized spacial score (nSPS) is 18.0. The van der Waals surface area contributed by atoms with Crippen LogP contribution in [0.4, 0.5) is 13.2 Å². The lowest BCUT2D eigenvalue weighted by Crippen LogP contribution is -2.45. The molecule has 0 aliphatic carbocycles. The maximum Gasteiger partial charge on any atom is 0.573 e. The summed E-state index contributed by atoms with van der Waals surface area (Å²) in [6.45, 7) is 5.44. The summed E-state index contributed by atoms with van der Waals surface area (Å²) in [6, 6.07) is 4.67. The highest BCUT2D eigenvalue weighted by Crippen LogP contribution is 2.37. The number of alkyl halides is 3. The summed E-state index contributed by atoms with van der Waals surface area (Å²) in [5.74, 6) is -0.0969. The lowest BCUT2D eigenvalue weighted by Gasteiger charge is -2.36. The summed E-state index contributed by atoms with van der Waals surface area (Å²) < 4.78 is 43.2. The topological polar surface area (TPSA) is 24.5 Å². The fraction of sp³-hybridized carbons (Fsp3) is 0.625. The van der Waals surface area contributed by atoms with Crippen LogP contribution in [0.1, 0.15) is 37.8 Å². The van der Waals surface area contributed by atoms with Crippen LogP contribution >= 0.6 is 15.9 Å². The SMILES string of the molecule is CCCC[C@H](c1cc(Br)ccc1OC(F)(F)F)N1CCNCC1. The van der Waals surface area contributed by atoms with Crippen LogP contribution in [0.15, 0.2) is 22.7 Å². The van der Waals surface area contributed by atoms with E-state index in [9.17, 15) is 13.2 Å². The standard InChI is InChI=1S/C16H22BrF3N2O/c1-2-3-4-14(22-9-7-21-8-10-22)13-11-12(17)5-6-15(13)23-16(18,19)20/h5-6,11,14,21H,2-4,7-10H2,1H3/t14-/m1/s1. The fourth-order valence-corrected chi connectivity index (χ4v) is 3.30. The van der Waals surface area contributed by atoms with Gasteiger partial charge in [0.05, 0.1) is 0 Å². The maximum absolute atomic E-state index is 12.7. The lowest BCUT2D eigenvalue weighted by molar-refractivity contribution is -0.275. The second kappa shape index (κ2) is 8.35. The van der Waals surface area contributed by atoms with E-state index in [4.69, 9.17) is 0 Å². The van der Waals surface area contributed by atoms with Gasteiger partial charge in [-0.3, -0.25) is 4.90 Å². The van der Waals surface area contributed by atoms with E-state index in [0.29, 0.717) is 5.56 Å². The number of hydrogen-bond donors (Lipinski definition) is 1. The van der Waals surface area contributed by atoms with Gasteiger partial charge in [0.25, 0.3) is 0 Å². The molecule has 0 amide bonds. The highest BCUT2D eigenvalue weighted by molar-refractivity contribution is 9.10. The molecular weight excluding hydrogens is 373 g/mol. The van der Waals surface area contributed by atoms with Gasteiger partial charge in [0.1, 0.15) is 5.75 Å². The number of hydrogen-bond acceptors (Lipinski definition) is 3. The minimum atomic E-state index is -4.68. The Kier molecular flexibility index (Phi) is 6.73. The Morgan fingerprint density at radius 1 is 1.30 bits per heavy atom. The molecule has 0 saturated carbocycles. The molecule has 2 rings (SSSR count). The molecule has 1 fully saturated rings. The predicted molar refractivity (Wildman–Crippen MR) is 87.5 cm³/mol. The van der Waals surface area contributed by atoms with Gasteiger partial charge >= 0.3 is 6.36 Å². The first-order valence-electron chi connectivity index (χ1n) is 7.90. The number of rotatable bonds is 6. The van der Waals surface area contributed by atoms with E-state index in [1.807, 2.05) is 0 Å². The number of ether oxygens (including phenoxy) is 1. The number of halogens is 4. The van der Waals surface area contributed by atoms with Crippen LogP contribution in [0, 0.1) is 0 Å². The first-order chi connectivity index (χ1) is 10.9. The Hall–Kier alpha value is -0.790. The summed E-state index contributed by atoms with van der Waals surface area (Å²) in [5, 5.41) is 3.28. The smallest absolute Gasteiger partial charge is 0.405 e. The highest BCUT2D eigenvalue weighted by Gasteiger charge is 2.34. The summed E-state index contributed by atoms with van der Waals surface area (Å²) in [7, 11) is 0. The van der Waals surface area contributed by atoms with Crippen molar-refractivity contribution in [1.29, 1.82) is 0 Å². The Morgan fingerprint density at radius 3 is 2.61 bits per heavy atom. The van der Waals surface area contributed by atoms with Crippen molar-refractivity contribution in [1.82, 2.24) is 10.2 Å². The average Bonchev–Trinajstić information content (AvgIpc) is 2.50. The zero-order valence-corrected chi connectivity index (χ0v) is 14.7. The van der Waals surface area contributed by atoms with Gasteiger partial charge in [0.15, 0.2) is 0 Å². The van der Waals surface area contributed by atoms with Crippen molar-refractivity contribution in [3.8, 4) is 5.75 Å². The minimum Gasteiger partial charge on any atom is -0.405 e. The second-order valence-corrected chi connectivity index (χ2v) is 6.59. The third-order valence-electron chi connectivity index (χ3n) is 3.98. The zero-order chi connectivity index (χ0) is 16.9. The predicted octanol–water partition coefficient (Wildman–Crippen LogP) is 4.48. The molecule has 0 spiro atoms. The molecule has 0 radical (unpaired) electrons. The van der Waals surface area contributed by atoms with Crippen LogP contribution in [-0.4, -0.2) is 37.4 Å². The molecule has 1 heterocycles. The Morgan fingerprint density at radius 2 is 2.00 bits per heavy atom. The molecule has 1 N–H and O–H groups in total. The van der Waals surface area contributed by atoms with Gasteiger partial charge in [-0.15, -0.1) is 13.2 Å². The van der Waals surface area contributed by atoms with Crippen molar-refractivity contribution < 1.29 is 17.9 Å². The molecule has 23 heavy (non-hydrogen) atoms. The molecule has 1 aromatic rings. The van der Waals surface area contributed by atoms with Gasteiger partial charge in [-0.05, 0) is 24.6 Å². The number of piperazine rings is 1. The molecule has 1 saturated heterocycles. The van der Waals surface area contributed by atoms with E-state index in [2.05, 4.69) is 37.8 Å².